The van der Waals surface area contributed by atoms with Crippen LogP contribution in [0.25, 0.3) is 11.5 Å². The van der Waals surface area contributed by atoms with Crippen molar-refractivity contribution in [1.29, 1.82) is 0 Å². The Morgan fingerprint density at radius 3 is 2.58 bits per heavy atom. The van der Waals surface area contributed by atoms with Crippen molar-refractivity contribution in [1.82, 2.24) is 9.78 Å². The quantitative estimate of drug-likeness (QED) is 0.742. The van der Waals surface area contributed by atoms with Crippen LogP contribution in [-0.4, -0.2) is 27.6 Å². The van der Waals surface area contributed by atoms with E-state index in [4.69, 9.17) is 20.8 Å². The standard InChI is InChI=1S/C17H15ClN2O4/c18-13-6-8-15(9-7-13)23-11-14(21)10-20-17(22)24-16(19-20)12-4-2-1-3-5-12/h1-9,14,21H,10-11H2. The highest BCUT2D eigenvalue weighted by Crippen LogP contribution is 2.16. The van der Waals surface area contributed by atoms with Gasteiger partial charge in [0.15, 0.2) is 0 Å². The second kappa shape index (κ2) is 7.33. The van der Waals surface area contributed by atoms with Crippen LogP contribution in [0.15, 0.2) is 63.8 Å². The van der Waals surface area contributed by atoms with E-state index in [1.807, 2.05) is 18.2 Å². The van der Waals surface area contributed by atoms with Gasteiger partial charge in [-0.2, -0.15) is 4.68 Å². The highest BCUT2D eigenvalue weighted by atomic mass is 35.5. The lowest BCUT2D eigenvalue weighted by Gasteiger charge is -2.11. The first-order valence-electron chi connectivity index (χ1n) is 7.31. The van der Waals surface area contributed by atoms with E-state index < -0.39 is 11.9 Å². The summed E-state index contributed by atoms with van der Waals surface area (Å²) in [6.07, 6.45) is -0.910. The van der Waals surface area contributed by atoms with Crippen molar-refractivity contribution >= 4 is 11.6 Å². The first kappa shape index (κ1) is 16.3. The largest absolute Gasteiger partial charge is 0.491 e. The summed E-state index contributed by atoms with van der Waals surface area (Å²) in [5, 5.41) is 14.7. The van der Waals surface area contributed by atoms with Crippen LogP contribution in [0.5, 0.6) is 5.75 Å². The van der Waals surface area contributed by atoms with Crippen molar-refractivity contribution in [3.63, 3.8) is 0 Å². The molecule has 1 atom stereocenters. The Morgan fingerprint density at radius 2 is 1.88 bits per heavy atom. The molecule has 3 aromatic rings. The molecule has 1 heterocycles. The summed E-state index contributed by atoms with van der Waals surface area (Å²) in [6, 6.07) is 15.9. The molecule has 6 nitrogen and oxygen atoms in total. The van der Waals surface area contributed by atoms with Crippen molar-refractivity contribution < 1.29 is 14.3 Å². The average Bonchev–Trinajstić information content (AvgIpc) is 2.96. The molecular weight excluding hydrogens is 332 g/mol. The zero-order valence-electron chi connectivity index (χ0n) is 12.6. The molecule has 24 heavy (non-hydrogen) atoms. The van der Waals surface area contributed by atoms with E-state index in [0.717, 1.165) is 4.68 Å². The molecule has 0 fully saturated rings. The summed E-state index contributed by atoms with van der Waals surface area (Å²) in [4.78, 5) is 11.8. The summed E-state index contributed by atoms with van der Waals surface area (Å²) in [5.41, 5.74) is 0.695. The molecule has 0 bridgehead atoms. The fourth-order valence-electron chi connectivity index (χ4n) is 2.09. The number of hydrogen-bond acceptors (Lipinski definition) is 5. The van der Waals surface area contributed by atoms with E-state index in [9.17, 15) is 9.90 Å². The number of aliphatic hydroxyl groups is 1. The van der Waals surface area contributed by atoms with Gasteiger partial charge in [0, 0.05) is 10.6 Å². The van der Waals surface area contributed by atoms with Crippen LogP contribution in [0.4, 0.5) is 0 Å². The Balaban J connectivity index is 1.62. The highest BCUT2D eigenvalue weighted by molar-refractivity contribution is 6.30. The van der Waals surface area contributed by atoms with Crippen LogP contribution in [0.1, 0.15) is 0 Å². The molecule has 0 saturated heterocycles. The van der Waals surface area contributed by atoms with Crippen molar-refractivity contribution in [2.75, 3.05) is 6.61 Å². The molecular formula is C17H15ClN2O4. The van der Waals surface area contributed by atoms with Gasteiger partial charge in [0.05, 0.1) is 6.54 Å². The van der Waals surface area contributed by atoms with E-state index in [2.05, 4.69) is 5.10 Å². The van der Waals surface area contributed by atoms with Gasteiger partial charge in [-0.05, 0) is 36.4 Å². The first-order valence-corrected chi connectivity index (χ1v) is 7.69. The summed E-state index contributed by atoms with van der Waals surface area (Å²) in [6.45, 7) is -0.00956. The second-order valence-corrected chi connectivity index (χ2v) is 5.58. The van der Waals surface area contributed by atoms with Gasteiger partial charge in [0.1, 0.15) is 18.5 Å². The smallest absolute Gasteiger partial charge is 0.437 e. The molecule has 124 valence electrons. The van der Waals surface area contributed by atoms with Gasteiger partial charge in [0.25, 0.3) is 0 Å². The monoisotopic (exact) mass is 346 g/mol. The molecule has 0 spiro atoms. The van der Waals surface area contributed by atoms with E-state index in [1.165, 1.54) is 0 Å². The number of nitrogens with zero attached hydrogens (tertiary/aromatic N) is 2. The molecule has 0 radical (unpaired) electrons. The predicted molar refractivity (Wildman–Crippen MR) is 89.2 cm³/mol. The second-order valence-electron chi connectivity index (χ2n) is 5.14. The van der Waals surface area contributed by atoms with Gasteiger partial charge < -0.3 is 14.3 Å². The van der Waals surface area contributed by atoms with Crippen LogP contribution < -0.4 is 10.5 Å². The number of hydrogen-bond donors (Lipinski definition) is 1. The number of ether oxygens (including phenoxy) is 1. The minimum absolute atomic E-state index is 0.0155. The Kier molecular flexibility index (Phi) is 4.98. The minimum atomic E-state index is -0.910. The fraction of sp³-hybridized carbons (Fsp3) is 0.176. The molecule has 2 aromatic carbocycles. The number of halogens is 1. The molecule has 1 unspecified atom stereocenters. The van der Waals surface area contributed by atoms with Crippen LogP contribution in [0.3, 0.4) is 0 Å². The molecule has 0 aliphatic carbocycles. The normalized spacial score (nSPS) is 12.1. The van der Waals surface area contributed by atoms with Gasteiger partial charge in [-0.25, -0.2) is 4.79 Å². The van der Waals surface area contributed by atoms with Crippen LogP contribution in [-0.2, 0) is 6.54 Å². The minimum Gasteiger partial charge on any atom is -0.491 e. The molecule has 0 saturated carbocycles. The van der Waals surface area contributed by atoms with Crippen LogP contribution in [0, 0.1) is 0 Å². The van der Waals surface area contributed by atoms with Crippen molar-refractivity contribution in [3.05, 3.63) is 70.2 Å². The molecule has 0 aliphatic rings. The van der Waals surface area contributed by atoms with Crippen molar-refractivity contribution in [3.8, 4) is 17.2 Å². The molecule has 0 aliphatic heterocycles. The maximum atomic E-state index is 11.8. The SMILES string of the molecule is O=c1oc(-c2ccccc2)nn1CC(O)COc1ccc(Cl)cc1. The molecule has 1 N–H and O–H groups in total. The van der Waals surface area contributed by atoms with Gasteiger partial charge in [-0.1, -0.05) is 29.8 Å². The zero-order chi connectivity index (χ0) is 16.9. The van der Waals surface area contributed by atoms with E-state index in [1.54, 1.807) is 36.4 Å². The van der Waals surface area contributed by atoms with E-state index >= 15 is 0 Å². The van der Waals surface area contributed by atoms with Crippen molar-refractivity contribution in [2.24, 2.45) is 0 Å². The maximum Gasteiger partial charge on any atom is 0.437 e. The number of rotatable bonds is 6. The lowest BCUT2D eigenvalue weighted by atomic mass is 10.2. The van der Waals surface area contributed by atoms with E-state index in [0.29, 0.717) is 16.3 Å². The average molecular weight is 347 g/mol. The predicted octanol–water partition coefficient (Wildman–Crippen LogP) is 2.60. The Bertz CT molecular complexity index is 843. The van der Waals surface area contributed by atoms with E-state index in [-0.39, 0.29) is 19.0 Å². The van der Waals surface area contributed by atoms with Gasteiger partial charge in [-0.15, -0.1) is 5.10 Å². The summed E-state index contributed by atoms with van der Waals surface area (Å²) < 4.78 is 11.6. The Hall–Kier alpha value is -2.57. The molecule has 0 amide bonds. The third-order valence-electron chi connectivity index (χ3n) is 3.27. The lowest BCUT2D eigenvalue weighted by Crippen LogP contribution is -2.29. The Labute approximate surface area is 142 Å². The van der Waals surface area contributed by atoms with Crippen LogP contribution in [0.2, 0.25) is 5.02 Å². The topological polar surface area (TPSA) is 77.5 Å². The zero-order valence-corrected chi connectivity index (χ0v) is 13.4. The third-order valence-corrected chi connectivity index (χ3v) is 3.52. The molecule has 7 heteroatoms. The summed E-state index contributed by atoms with van der Waals surface area (Å²) >= 11 is 5.79. The summed E-state index contributed by atoms with van der Waals surface area (Å²) in [7, 11) is 0. The number of aliphatic hydroxyl groups excluding tert-OH is 1. The number of benzene rings is 2. The third kappa shape index (κ3) is 4.04. The van der Waals surface area contributed by atoms with Crippen LogP contribution >= 0.6 is 11.6 Å². The Morgan fingerprint density at radius 1 is 1.17 bits per heavy atom. The fourth-order valence-corrected chi connectivity index (χ4v) is 2.22. The summed E-state index contributed by atoms with van der Waals surface area (Å²) in [5.74, 6) is 0.168. The van der Waals surface area contributed by atoms with Gasteiger partial charge >= 0.3 is 5.76 Å². The number of aromatic nitrogens is 2. The maximum absolute atomic E-state index is 11.8. The van der Waals surface area contributed by atoms with Crippen molar-refractivity contribution in [2.45, 2.75) is 12.6 Å². The molecule has 3 rings (SSSR count). The van der Waals surface area contributed by atoms with Gasteiger partial charge in [-0.3, -0.25) is 0 Å². The lowest BCUT2D eigenvalue weighted by molar-refractivity contribution is 0.0875. The first-order chi connectivity index (χ1) is 11.6. The highest BCUT2D eigenvalue weighted by Gasteiger charge is 2.14. The van der Waals surface area contributed by atoms with Gasteiger partial charge in [0.2, 0.25) is 5.89 Å². The molecule has 1 aromatic heterocycles.